The highest BCUT2D eigenvalue weighted by Gasteiger charge is 2.26. The lowest BCUT2D eigenvalue weighted by Crippen LogP contribution is -2.33. The first-order chi connectivity index (χ1) is 9.29. The molecule has 0 N–H and O–H groups in total. The van der Waals surface area contributed by atoms with Gasteiger partial charge in [-0.15, -0.1) is 11.3 Å². The molecule has 0 radical (unpaired) electrons. The van der Waals surface area contributed by atoms with Crippen LogP contribution in [0.5, 0.6) is 0 Å². The molecule has 1 atom stereocenters. The molecule has 4 heteroatoms. The Kier molecular flexibility index (Phi) is 3.33. The molecule has 0 fully saturated rings. The van der Waals surface area contributed by atoms with Gasteiger partial charge >= 0.3 is 0 Å². The fourth-order valence-electron chi connectivity index (χ4n) is 2.62. The van der Waals surface area contributed by atoms with E-state index in [9.17, 15) is 5.26 Å². The number of benzene rings is 1. The second-order valence-corrected chi connectivity index (χ2v) is 5.71. The Hall–Kier alpha value is -1.70. The Bertz CT molecular complexity index is 626. The summed E-state index contributed by atoms with van der Waals surface area (Å²) in [5.41, 5.74) is 5.57. The van der Waals surface area contributed by atoms with Crippen molar-refractivity contribution in [2.75, 3.05) is 6.54 Å². The highest BCUT2D eigenvalue weighted by molar-refractivity contribution is 7.09. The Morgan fingerprint density at radius 3 is 2.84 bits per heavy atom. The van der Waals surface area contributed by atoms with E-state index >= 15 is 0 Å². The number of nitriles is 1. The molecule has 3 nitrogen and oxygen atoms in total. The van der Waals surface area contributed by atoms with Crippen LogP contribution in [0.25, 0.3) is 0 Å². The van der Waals surface area contributed by atoms with E-state index in [1.54, 1.807) is 11.3 Å². The summed E-state index contributed by atoms with van der Waals surface area (Å²) in [4.78, 5) is 7.60. The van der Waals surface area contributed by atoms with Gasteiger partial charge in [-0.3, -0.25) is 4.90 Å². The van der Waals surface area contributed by atoms with E-state index in [4.69, 9.17) is 0 Å². The number of rotatable bonds is 2. The van der Waals surface area contributed by atoms with Crippen LogP contribution in [0.1, 0.15) is 27.7 Å². The minimum absolute atomic E-state index is 0.166. The van der Waals surface area contributed by atoms with E-state index in [1.807, 2.05) is 12.4 Å². The molecule has 19 heavy (non-hydrogen) atoms. The third-order valence-corrected chi connectivity index (χ3v) is 4.66. The molecule has 2 heterocycles. The van der Waals surface area contributed by atoms with Crippen molar-refractivity contribution in [1.82, 2.24) is 9.88 Å². The smallest absolute Gasteiger partial charge is 0.135 e. The minimum Gasteiger partial charge on any atom is -0.279 e. The second kappa shape index (κ2) is 5.12. The molecule has 0 amide bonds. The van der Waals surface area contributed by atoms with Gasteiger partial charge in [0.05, 0.1) is 22.2 Å². The summed E-state index contributed by atoms with van der Waals surface area (Å²) < 4.78 is 0. The van der Waals surface area contributed by atoms with Gasteiger partial charge in [-0.25, -0.2) is 4.98 Å². The first-order valence-corrected chi connectivity index (χ1v) is 7.28. The monoisotopic (exact) mass is 269 g/mol. The van der Waals surface area contributed by atoms with E-state index in [1.165, 1.54) is 11.1 Å². The number of aryl methyl sites for hydroxylation is 1. The number of hydrogen-bond donors (Lipinski definition) is 0. The SMILES string of the molecule is Cc1ncsc1C(C#N)N1CCc2ccccc2C1. The third-order valence-electron chi connectivity index (χ3n) is 3.68. The molecule has 1 aromatic carbocycles. The first-order valence-electron chi connectivity index (χ1n) is 6.40. The highest BCUT2D eigenvalue weighted by atomic mass is 32.1. The maximum Gasteiger partial charge on any atom is 0.135 e. The molecule has 0 saturated carbocycles. The van der Waals surface area contributed by atoms with E-state index in [0.717, 1.165) is 30.1 Å². The predicted octanol–water partition coefficient (Wildman–Crippen LogP) is 3.07. The zero-order valence-corrected chi connectivity index (χ0v) is 11.7. The van der Waals surface area contributed by atoms with Crippen molar-refractivity contribution in [2.45, 2.75) is 25.9 Å². The maximum atomic E-state index is 9.51. The fourth-order valence-corrected chi connectivity index (χ4v) is 3.50. The van der Waals surface area contributed by atoms with Gasteiger partial charge in [0.15, 0.2) is 0 Å². The van der Waals surface area contributed by atoms with Crippen LogP contribution in [0.4, 0.5) is 0 Å². The van der Waals surface area contributed by atoms with Gasteiger partial charge in [0, 0.05) is 13.1 Å². The average Bonchev–Trinajstić information content (AvgIpc) is 2.86. The summed E-state index contributed by atoms with van der Waals surface area (Å²) >= 11 is 1.58. The van der Waals surface area contributed by atoms with Crippen molar-refractivity contribution < 1.29 is 0 Å². The van der Waals surface area contributed by atoms with Crippen LogP contribution >= 0.6 is 11.3 Å². The van der Waals surface area contributed by atoms with Crippen LogP contribution in [-0.4, -0.2) is 16.4 Å². The van der Waals surface area contributed by atoms with Crippen LogP contribution in [0, 0.1) is 18.3 Å². The lowest BCUT2D eigenvalue weighted by molar-refractivity contribution is 0.218. The molecule has 3 rings (SSSR count). The fraction of sp³-hybridized carbons (Fsp3) is 0.333. The highest BCUT2D eigenvalue weighted by Crippen LogP contribution is 2.30. The van der Waals surface area contributed by atoms with E-state index in [-0.39, 0.29) is 6.04 Å². The zero-order chi connectivity index (χ0) is 13.2. The van der Waals surface area contributed by atoms with Crippen LogP contribution in [0.15, 0.2) is 29.8 Å². The van der Waals surface area contributed by atoms with Crippen LogP contribution in [0.2, 0.25) is 0 Å². The van der Waals surface area contributed by atoms with Crippen molar-refractivity contribution in [1.29, 1.82) is 5.26 Å². The summed E-state index contributed by atoms with van der Waals surface area (Å²) in [5, 5.41) is 9.51. The topological polar surface area (TPSA) is 39.9 Å². The Morgan fingerprint density at radius 2 is 2.16 bits per heavy atom. The quantitative estimate of drug-likeness (QED) is 0.841. The van der Waals surface area contributed by atoms with Crippen molar-refractivity contribution in [3.05, 3.63) is 51.5 Å². The standard InChI is InChI=1S/C15H15N3S/c1-11-15(19-10-17-11)14(8-16)18-7-6-12-4-2-3-5-13(12)9-18/h2-5,10,14H,6-7,9H2,1H3. The molecular weight excluding hydrogens is 254 g/mol. The summed E-state index contributed by atoms with van der Waals surface area (Å²) in [5.74, 6) is 0. The van der Waals surface area contributed by atoms with Gasteiger partial charge in [0.2, 0.25) is 0 Å². The zero-order valence-electron chi connectivity index (χ0n) is 10.8. The van der Waals surface area contributed by atoms with Crippen LogP contribution < -0.4 is 0 Å². The molecule has 1 unspecified atom stereocenters. The minimum atomic E-state index is -0.166. The molecule has 1 aliphatic rings. The molecule has 0 saturated heterocycles. The summed E-state index contributed by atoms with van der Waals surface area (Å²) in [6.45, 7) is 3.77. The van der Waals surface area contributed by atoms with Gasteiger partial charge in [-0.1, -0.05) is 24.3 Å². The summed E-state index contributed by atoms with van der Waals surface area (Å²) in [6.07, 6.45) is 1.02. The largest absolute Gasteiger partial charge is 0.279 e. The molecule has 0 bridgehead atoms. The van der Waals surface area contributed by atoms with Gasteiger partial charge in [0.1, 0.15) is 6.04 Å². The maximum absolute atomic E-state index is 9.51. The summed E-state index contributed by atoms with van der Waals surface area (Å²) in [6, 6.07) is 10.8. The number of aromatic nitrogens is 1. The first kappa shape index (κ1) is 12.3. The third kappa shape index (κ3) is 2.27. The lowest BCUT2D eigenvalue weighted by atomic mass is 9.98. The molecule has 2 aromatic rings. The molecule has 0 spiro atoms. The van der Waals surface area contributed by atoms with Crippen LogP contribution in [0.3, 0.4) is 0 Å². The van der Waals surface area contributed by atoms with Gasteiger partial charge in [0.25, 0.3) is 0 Å². The average molecular weight is 269 g/mol. The Labute approximate surface area is 117 Å². The molecule has 1 aromatic heterocycles. The van der Waals surface area contributed by atoms with E-state index in [0.29, 0.717) is 0 Å². The van der Waals surface area contributed by atoms with Crippen LogP contribution in [-0.2, 0) is 13.0 Å². The molecule has 0 aliphatic carbocycles. The van der Waals surface area contributed by atoms with Crippen molar-refractivity contribution >= 4 is 11.3 Å². The molecular formula is C15H15N3S. The number of hydrogen-bond acceptors (Lipinski definition) is 4. The van der Waals surface area contributed by atoms with E-state index < -0.39 is 0 Å². The number of nitrogens with zero attached hydrogens (tertiary/aromatic N) is 3. The van der Waals surface area contributed by atoms with Gasteiger partial charge in [-0.2, -0.15) is 5.26 Å². The van der Waals surface area contributed by atoms with Gasteiger partial charge in [-0.05, 0) is 24.5 Å². The summed E-state index contributed by atoms with van der Waals surface area (Å²) in [7, 11) is 0. The van der Waals surface area contributed by atoms with Crippen molar-refractivity contribution in [3.63, 3.8) is 0 Å². The second-order valence-electron chi connectivity index (χ2n) is 4.82. The number of thiazole rings is 1. The van der Waals surface area contributed by atoms with Gasteiger partial charge < -0.3 is 0 Å². The Morgan fingerprint density at radius 1 is 1.37 bits per heavy atom. The van der Waals surface area contributed by atoms with Crippen molar-refractivity contribution in [2.24, 2.45) is 0 Å². The Balaban J connectivity index is 1.88. The number of fused-ring (bicyclic) bond motifs is 1. The normalized spacial score (nSPS) is 16.6. The van der Waals surface area contributed by atoms with E-state index in [2.05, 4.69) is 40.2 Å². The molecule has 1 aliphatic heterocycles. The molecule has 96 valence electrons. The lowest BCUT2D eigenvalue weighted by Gasteiger charge is -2.31. The van der Waals surface area contributed by atoms with Crippen molar-refractivity contribution in [3.8, 4) is 6.07 Å². The predicted molar refractivity (Wildman–Crippen MR) is 75.8 cm³/mol.